The number of carbonyl (C=O) groups is 1. The summed E-state index contributed by atoms with van der Waals surface area (Å²) in [6, 6.07) is 7.53. The minimum Gasteiger partial charge on any atom is -0.307 e. The van der Waals surface area contributed by atoms with Crippen LogP contribution in [0.15, 0.2) is 30.5 Å². The van der Waals surface area contributed by atoms with E-state index in [0.717, 1.165) is 17.1 Å². The van der Waals surface area contributed by atoms with E-state index in [4.69, 9.17) is 0 Å². The van der Waals surface area contributed by atoms with Gasteiger partial charge in [0.15, 0.2) is 5.82 Å². The predicted octanol–water partition coefficient (Wildman–Crippen LogP) is 2.70. The highest BCUT2D eigenvalue weighted by Gasteiger charge is 2.31. The average Bonchev–Trinajstić information content (AvgIpc) is 3.32. The third kappa shape index (κ3) is 2.98. The van der Waals surface area contributed by atoms with Gasteiger partial charge < -0.3 is 5.32 Å². The highest BCUT2D eigenvalue weighted by atomic mass is 16.1. The van der Waals surface area contributed by atoms with E-state index in [1.807, 2.05) is 30.7 Å². The standard InChI is InChI=1S/C18H21N7O/c1-11-10-19-24(12(2)14-7-8-14)17(11)20-18(26)15-5-4-6-16(9-15)25-13(3)21-22-23-25/h4-6,9-10,12,14H,7-8H2,1-3H3,(H,20,26)/t12-/m1/s1. The third-order valence-electron chi connectivity index (χ3n) is 4.88. The molecule has 2 aromatic heterocycles. The van der Waals surface area contributed by atoms with E-state index >= 15 is 0 Å². The summed E-state index contributed by atoms with van der Waals surface area (Å²) in [6.07, 6.45) is 4.25. The van der Waals surface area contributed by atoms with Crippen molar-refractivity contribution in [3.8, 4) is 5.69 Å². The van der Waals surface area contributed by atoms with E-state index in [1.165, 1.54) is 12.8 Å². The summed E-state index contributed by atoms with van der Waals surface area (Å²) >= 11 is 0. The third-order valence-corrected chi connectivity index (χ3v) is 4.88. The zero-order chi connectivity index (χ0) is 18.3. The first-order chi connectivity index (χ1) is 12.5. The lowest BCUT2D eigenvalue weighted by molar-refractivity contribution is 0.102. The molecule has 1 N–H and O–H groups in total. The molecule has 2 heterocycles. The quantitative estimate of drug-likeness (QED) is 0.763. The maximum atomic E-state index is 12.8. The van der Waals surface area contributed by atoms with Crippen LogP contribution in [0.25, 0.3) is 5.69 Å². The molecule has 1 atom stereocenters. The van der Waals surface area contributed by atoms with Crippen molar-refractivity contribution in [2.24, 2.45) is 5.92 Å². The van der Waals surface area contributed by atoms with Crippen molar-refractivity contribution in [1.29, 1.82) is 0 Å². The number of amides is 1. The highest BCUT2D eigenvalue weighted by Crippen LogP contribution is 2.40. The second-order valence-corrected chi connectivity index (χ2v) is 6.84. The first-order valence-corrected chi connectivity index (χ1v) is 8.75. The molecule has 0 radical (unpaired) electrons. The Kier molecular flexibility index (Phi) is 4.02. The zero-order valence-electron chi connectivity index (χ0n) is 15.0. The molecular weight excluding hydrogens is 330 g/mol. The van der Waals surface area contributed by atoms with Crippen molar-refractivity contribution in [3.63, 3.8) is 0 Å². The van der Waals surface area contributed by atoms with Crippen LogP contribution in [0, 0.1) is 19.8 Å². The van der Waals surface area contributed by atoms with Gasteiger partial charge in [-0.2, -0.15) is 9.78 Å². The van der Waals surface area contributed by atoms with Gasteiger partial charge >= 0.3 is 0 Å². The molecule has 8 nitrogen and oxygen atoms in total. The summed E-state index contributed by atoms with van der Waals surface area (Å²) in [4.78, 5) is 12.8. The molecule has 1 fully saturated rings. The first kappa shape index (κ1) is 16.4. The Morgan fingerprint density at radius 2 is 2.12 bits per heavy atom. The fraction of sp³-hybridized carbons (Fsp3) is 0.389. The molecule has 134 valence electrons. The lowest BCUT2D eigenvalue weighted by atomic mass is 10.2. The number of anilines is 1. The molecule has 8 heteroatoms. The minimum absolute atomic E-state index is 0.176. The predicted molar refractivity (Wildman–Crippen MR) is 96.2 cm³/mol. The monoisotopic (exact) mass is 351 g/mol. The number of aryl methyl sites for hydroxylation is 2. The lowest BCUT2D eigenvalue weighted by Gasteiger charge is -2.16. The van der Waals surface area contributed by atoms with Crippen LogP contribution in [-0.2, 0) is 0 Å². The SMILES string of the molecule is Cc1cnn([C@H](C)C2CC2)c1NC(=O)c1cccc(-n2nnnc2C)c1. The number of nitrogens with zero attached hydrogens (tertiary/aromatic N) is 6. The largest absolute Gasteiger partial charge is 0.307 e. The van der Waals surface area contributed by atoms with Gasteiger partial charge in [0.2, 0.25) is 0 Å². The van der Waals surface area contributed by atoms with Gasteiger partial charge in [-0.1, -0.05) is 6.07 Å². The van der Waals surface area contributed by atoms with Gasteiger partial charge in [0.25, 0.3) is 5.91 Å². The van der Waals surface area contributed by atoms with Crippen molar-refractivity contribution in [1.82, 2.24) is 30.0 Å². The number of benzene rings is 1. The van der Waals surface area contributed by atoms with Crippen molar-refractivity contribution in [2.45, 2.75) is 39.7 Å². The van der Waals surface area contributed by atoms with Crippen LogP contribution in [-0.4, -0.2) is 35.9 Å². The van der Waals surface area contributed by atoms with E-state index in [9.17, 15) is 4.79 Å². The molecule has 26 heavy (non-hydrogen) atoms. The molecule has 0 unspecified atom stereocenters. The van der Waals surface area contributed by atoms with E-state index in [-0.39, 0.29) is 11.9 Å². The van der Waals surface area contributed by atoms with E-state index in [2.05, 4.69) is 32.9 Å². The molecule has 1 aliphatic carbocycles. The number of tetrazole rings is 1. The van der Waals surface area contributed by atoms with E-state index < -0.39 is 0 Å². The number of hydrogen-bond donors (Lipinski definition) is 1. The molecular formula is C18H21N7O. The Morgan fingerprint density at radius 1 is 1.31 bits per heavy atom. The second-order valence-electron chi connectivity index (χ2n) is 6.84. The van der Waals surface area contributed by atoms with Gasteiger partial charge in [-0.3, -0.25) is 4.79 Å². The zero-order valence-corrected chi connectivity index (χ0v) is 15.0. The van der Waals surface area contributed by atoms with Gasteiger partial charge in [0.05, 0.1) is 17.9 Å². The van der Waals surface area contributed by atoms with Crippen LogP contribution in [0.1, 0.15) is 47.6 Å². The van der Waals surface area contributed by atoms with Crippen LogP contribution in [0.5, 0.6) is 0 Å². The Bertz CT molecular complexity index is 954. The fourth-order valence-electron chi connectivity index (χ4n) is 3.12. The number of aromatic nitrogens is 6. The number of rotatable bonds is 5. The molecule has 3 aromatic rings. The first-order valence-electron chi connectivity index (χ1n) is 8.75. The van der Waals surface area contributed by atoms with Gasteiger partial charge in [0.1, 0.15) is 5.82 Å². The molecule has 0 aliphatic heterocycles. The second kappa shape index (κ2) is 6.36. The summed E-state index contributed by atoms with van der Waals surface area (Å²) in [5.41, 5.74) is 2.25. The van der Waals surface area contributed by atoms with Crippen molar-refractivity contribution < 1.29 is 4.79 Å². The Balaban J connectivity index is 1.60. The molecule has 1 aliphatic rings. The smallest absolute Gasteiger partial charge is 0.256 e. The molecule has 1 aromatic carbocycles. The maximum Gasteiger partial charge on any atom is 0.256 e. The topological polar surface area (TPSA) is 90.5 Å². The van der Waals surface area contributed by atoms with Gasteiger partial charge in [-0.15, -0.1) is 5.10 Å². The van der Waals surface area contributed by atoms with Crippen LogP contribution < -0.4 is 5.32 Å². The van der Waals surface area contributed by atoms with Crippen LogP contribution in [0.3, 0.4) is 0 Å². The maximum absolute atomic E-state index is 12.8. The number of carbonyl (C=O) groups excluding carboxylic acids is 1. The molecule has 1 saturated carbocycles. The van der Waals surface area contributed by atoms with Crippen LogP contribution in [0.2, 0.25) is 0 Å². The summed E-state index contributed by atoms with van der Waals surface area (Å²) in [5.74, 6) is 1.90. The van der Waals surface area contributed by atoms with Gasteiger partial charge in [-0.25, -0.2) is 4.68 Å². The molecule has 0 spiro atoms. The Morgan fingerprint density at radius 3 is 2.81 bits per heavy atom. The number of hydrogen-bond acceptors (Lipinski definition) is 5. The van der Waals surface area contributed by atoms with Crippen LogP contribution in [0.4, 0.5) is 5.82 Å². The molecule has 1 amide bonds. The highest BCUT2D eigenvalue weighted by molar-refractivity contribution is 6.04. The summed E-state index contributed by atoms with van der Waals surface area (Å²) in [5, 5.41) is 19.0. The minimum atomic E-state index is -0.176. The van der Waals surface area contributed by atoms with Gasteiger partial charge in [-0.05, 0) is 68.2 Å². The normalized spacial score (nSPS) is 15.0. The Labute approximate surface area is 151 Å². The number of nitrogens with one attached hydrogen (secondary N) is 1. The van der Waals surface area contributed by atoms with Crippen molar-refractivity contribution in [3.05, 3.63) is 47.4 Å². The molecule has 0 bridgehead atoms. The summed E-state index contributed by atoms with van der Waals surface area (Å²) < 4.78 is 3.53. The summed E-state index contributed by atoms with van der Waals surface area (Å²) in [6.45, 7) is 5.92. The van der Waals surface area contributed by atoms with E-state index in [0.29, 0.717) is 17.3 Å². The van der Waals surface area contributed by atoms with E-state index in [1.54, 1.807) is 23.0 Å². The van der Waals surface area contributed by atoms with Gasteiger partial charge in [0, 0.05) is 11.1 Å². The van der Waals surface area contributed by atoms with Crippen LogP contribution >= 0.6 is 0 Å². The average molecular weight is 351 g/mol. The lowest BCUT2D eigenvalue weighted by Crippen LogP contribution is -2.19. The van der Waals surface area contributed by atoms with Crippen molar-refractivity contribution >= 4 is 11.7 Å². The molecule has 0 saturated heterocycles. The molecule has 4 rings (SSSR count). The fourth-order valence-corrected chi connectivity index (χ4v) is 3.12. The summed E-state index contributed by atoms with van der Waals surface area (Å²) in [7, 11) is 0. The van der Waals surface area contributed by atoms with Crippen molar-refractivity contribution in [2.75, 3.05) is 5.32 Å². The Hall–Kier alpha value is -3.03.